The Bertz CT molecular complexity index is 406. The highest BCUT2D eigenvalue weighted by atomic mass is 35.5. The Labute approximate surface area is 123 Å². The number of hydrogen-bond donors (Lipinski definition) is 0. The van der Waals surface area contributed by atoms with E-state index in [-0.39, 0.29) is 0 Å². The van der Waals surface area contributed by atoms with Crippen molar-refractivity contribution in [2.75, 3.05) is 7.05 Å². The van der Waals surface area contributed by atoms with Crippen LogP contribution in [0, 0.1) is 5.92 Å². The molecule has 1 rings (SSSR count). The van der Waals surface area contributed by atoms with E-state index in [0.29, 0.717) is 18.0 Å². The molecule has 1 nitrogen and oxygen atoms in total. The molecule has 2 heteroatoms. The lowest BCUT2D eigenvalue weighted by Gasteiger charge is -2.34. The summed E-state index contributed by atoms with van der Waals surface area (Å²) in [5.74, 6) is 0.499. The second-order valence-corrected chi connectivity index (χ2v) is 6.27. The van der Waals surface area contributed by atoms with Crippen LogP contribution in [0.15, 0.2) is 36.4 Å². The predicted octanol–water partition coefficient (Wildman–Crippen LogP) is 4.80. The standard InChI is InChI=1S/C17H26ClN/c1-12(2)14(5)17(19(6)13(3)4)11-15-7-9-16(18)10-8-15/h7-10,12-13,17H,5,11H2,1-4,6H3/t17-/m1/s1. The minimum atomic E-state index is 0.376. The minimum Gasteiger partial charge on any atom is -0.297 e. The lowest BCUT2D eigenvalue weighted by Crippen LogP contribution is -2.40. The smallest absolute Gasteiger partial charge is 0.0406 e. The highest BCUT2D eigenvalue weighted by molar-refractivity contribution is 6.30. The molecule has 0 aliphatic heterocycles. The Hall–Kier alpha value is -0.790. The molecule has 0 aliphatic carbocycles. The number of likely N-dealkylation sites (N-methyl/N-ethyl adjacent to an activating group) is 1. The first-order valence-corrected chi connectivity index (χ1v) is 7.35. The molecule has 0 saturated carbocycles. The average Bonchev–Trinajstić information content (AvgIpc) is 2.36. The summed E-state index contributed by atoms with van der Waals surface area (Å²) in [7, 11) is 2.18. The maximum Gasteiger partial charge on any atom is 0.0406 e. The third kappa shape index (κ3) is 4.67. The van der Waals surface area contributed by atoms with Crippen molar-refractivity contribution in [3.8, 4) is 0 Å². The molecule has 0 N–H and O–H groups in total. The van der Waals surface area contributed by atoms with Gasteiger partial charge in [-0.15, -0.1) is 0 Å². The van der Waals surface area contributed by atoms with Crippen LogP contribution in [0.2, 0.25) is 5.02 Å². The highest BCUT2D eigenvalue weighted by Crippen LogP contribution is 2.22. The zero-order valence-electron chi connectivity index (χ0n) is 12.8. The topological polar surface area (TPSA) is 3.24 Å². The molecule has 1 atom stereocenters. The van der Waals surface area contributed by atoms with Crippen molar-refractivity contribution in [2.24, 2.45) is 5.92 Å². The van der Waals surface area contributed by atoms with Crippen molar-refractivity contribution in [1.82, 2.24) is 4.90 Å². The Morgan fingerprint density at radius 2 is 1.68 bits per heavy atom. The van der Waals surface area contributed by atoms with Crippen LogP contribution in [-0.2, 0) is 6.42 Å². The van der Waals surface area contributed by atoms with E-state index in [1.54, 1.807) is 0 Å². The molecular weight excluding hydrogens is 254 g/mol. The quantitative estimate of drug-likeness (QED) is 0.676. The lowest BCUT2D eigenvalue weighted by atomic mass is 9.91. The van der Waals surface area contributed by atoms with Gasteiger partial charge in [0.2, 0.25) is 0 Å². The molecule has 19 heavy (non-hydrogen) atoms. The monoisotopic (exact) mass is 279 g/mol. The first kappa shape index (κ1) is 16.3. The van der Waals surface area contributed by atoms with E-state index in [0.717, 1.165) is 11.4 Å². The van der Waals surface area contributed by atoms with E-state index in [4.69, 9.17) is 11.6 Å². The van der Waals surface area contributed by atoms with Crippen molar-refractivity contribution in [1.29, 1.82) is 0 Å². The second-order valence-electron chi connectivity index (χ2n) is 5.84. The van der Waals surface area contributed by atoms with Gasteiger partial charge < -0.3 is 0 Å². The summed E-state index contributed by atoms with van der Waals surface area (Å²) >= 11 is 5.95. The van der Waals surface area contributed by atoms with Crippen LogP contribution in [0.5, 0.6) is 0 Å². The minimum absolute atomic E-state index is 0.376. The molecular formula is C17H26ClN. The lowest BCUT2D eigenvalue weighted by molar-refractivity contribution is 0.211. The first-order valence-electron chi connectivity index (χ1n) is 6.98. The van der Waals surface area contributed by atoms with Gasteiger partial charge >= 0.3 is 0 Å². The number of benzene rings is 1. The second kappa shape index (κ2) is 7.12. The van der Waals surface area contributed by atoms with Gasteiger partial charge in [0, 0.05) is 17.1 Å². The van der Waals surface area contributed by atoms with E-state index >= 15 is 0 Å². The van der Waals surface area contributed by atoms with Crippen molar-refractivity contribution < 1.29 is 0 Å². The van der Waals surface area contributed by atoms with Crippen molar-refractivity contribution in [3.63, 3.8) is 0 Å². The predicted molar refractivity (Wildman–Crippen MR) is 85.8 cm³/mol. The molecule has 0 aliphatic rings. The van der Waals surface area contributed by atoms with Gasteiger partial charge in [0.25, 0.3) is 0 Å². The molecule has 1 aromatic rings. The molecule has 0 aromatic heterocycles. The van der Waals surface area contributed by atoms with Crippen molar-refractivity contribution in [3.05, 3.63) is 47.0 Å². The van der Waals surface area contributed by atoms with E-state index in [9.17, 15) is 0 Å². The Balaban J connectivity index is 2.91. The molecule has 0 heterocycles. The van der Waals surface area contributed by atoms with Crippen LogP contribution in [-0.4, -0.2) is 24.0 Å². The van der Waals surface area contributed by atoms with E-state index in [1.165, 1.54) is 11.1 Å². The Kier molecular flexibility index (Phi) is 6.09. The van der Waals surface area contributed by atoms with Crippen LogP contribution in [0.25, 0.3) is 0 Å². The van der Waals surface area contributed by atoms with Gasteiger partial charge in [-0.25, -0.2) is 0 Å². The SMILES string of the molecule is C=C(C(C)C)[C@@H](Cc1ccc(Cl)cc1)N(C)C(C)C. The molecule has 0 bridgehead atoms. The number of nitrogens with zero attached hydrogens (tertiary/aromatic N) is 1. The zero-order chi connectivity index (χ0) is 14.6. The molecule has 106 valence electrons. The van der Waals surface area contributed by atoms with Crippen LogP contribution in [0.1, 0.15) is 33.3 Å². The average molecular weight is 280 g/mol. The summed E-state index contributed by atoms with van der Waals surface area (Å²) in [6, 6.07) is 9.02. The third-order valence-electron chi connectivity index (χ3n) is 3.82. The maximum atomic E-state index is 5.95. The number of halogens is 1. The summed E-state index contributed by atoms with van der Waals surface area (Å²) in [5, 5.41) is 0.792. The fraction of sp³-hybridized carbons (Fsp3) is 0.529. The molecule has 0 spiro atoms. The fourth-order valence-corrected chi connectivity index (χ4v) is 2.25. The van der Waals surface area contributed by atoms with Gasteiger partial charge in [0.05, 0.1) is 0 Å². The van der Waals surface area contributed by atoms with Gasteiger partial charge in [0.15, 0.2) is 0 Å². The fourth-order valence-electron chi connectivity index (χ4n) is 2.13. The van der Waals surface area contributed by atoms with Crippen LogP contribution in [0.4, 0.5) is 0 Å². The van der Waals surface area contributed by atoms with Gasteiger partial charge in [-0.3, -0.25) is 4.90 Å². The van der Waals surface area contributed by atoms with E-state index in [1.807, 2.05) is 12.1 Å². The summed E-state index contributed by atoms with van der Waals surface area (Å²) in [4.78, 5) is 2.40. The van der Waals surface area contributed by atoms with Crippen LogP contribution in [0.3, 0.4) is 0 Å². The Morgan fingerprint density at radius 1 is 1.16 bits per heavy atom. The first-order chi connectivity index (χ1) is 8.82. The summed E-state index contributed by atoms with van der Waals surface area (Å²) in [6.07, 6.45) is 0.989. The molecule has 0 saturated heterocycles. The molecule has 0 amide bonds. The van der Waals surface area contributed by atoms with Crippen LogP contribution < -0.4 is 0 Å². The van der Waals surface area contributed by atoms with Gasteiger partial charge in [0.1, 0.15) is 0 Å². The number of rotatable bonds is 6. The Morgan fingerprint density at radius 3 is 2.11 bits per heavy atom. The van der Waals surface area contributed by atoms with Crippen molar-refractivity contribution in [2.45, 2.75) is 46.2 Å². The zero-order valence-corrected chi connectivity index (χ0v) is 13.5. The molecule has 0 unspecified atom stereocenters. The van der Waals surface area contributed by atoms with Gasteiger partial charge in [-0.2, -0.15) is 0 Å². The van der Waals surface area contributed by atoms with E-state index in [2.05, 4.69) is 58.4 Å². The van der Waals surface area contributed by atoms with Gasteiger partial charge in [-0.05, 0) is 50.9 Å². The summed E-state index contributed by atoms with van der Waals surface area (Å²) < 4.78 is 0. The number of hydrogen-bond acceptors (Lipinski definition) is 1. The third-order valence-corrected chi connectivity index (χ3v) is 4.07. The normalized spacial score (nSPS) is 13.3. The summed E-state index contributed by atoms with van der Waals surface area (Å²) in [5.41, 5.74) is 2.61. The van der Waals surface area contributed by atoms with Crippen molar-refractivity contribution >= 4 is 11.6 Å². The van der Waals surface area contributed by atoms with Crippen LogP contribution >= 0.6 is 11.6 Å². The molecule has 0 fully saturated rings. The van der Waals surface area contributed by atoms with Gasteiger partial charge in [-0.1, -0.05) is 49.7 Å². The maximum absolute atomic E-state index is 5.95. The largest absolute Gasteiger partial charge is 0.297 e. The summed E-state index contributed by atoms with van der Waals surface area (Å²) in [6.45, 7) is 13.2. The molecule has 0 radical (unpaired) electrons. The highest BCUT2D eigenvalue weighted by Gasteiger charge is 2.22. The molecule has 1 aromatic carbocycles. The van der Waals surface area contributed by atoms with E-state index < -0.39 is 0 Å².